The van der Waals surface area contributed by atoms with Gasteiger partial charge in [-0.2, -0.15) is 5.26 Å². The van der Waals surface area contributed by atoms with Gasteiger partial charge in [-0.1, -0.05) is 0 Å². The van der Waals surface area contributed by atoms with E-state index in [-0.39, 0.29) is 35.9 Å². The molecule has 3 aromatic rings. The number of hydrogen-bond donors (Lipinski definition) is 1. The van der Waals surface area contributed by atoms with Gasteiger partial charge in [0, 0.05) is 80.9 Å². The normalized spacial score (nSPS) is 20.5. The van der Waals surface area contributed by atoms with E-state index in [9.17, 15) is 19.4 Å². The molecule has 0 saturated carbocycles. The van der Waals surface area contributed by atoms with Gasteiger partial charge >= 0.3 is 13.8 Å². The second kappa shape index (κ2) is 12.6. The van der Waals surface area contributed by atoms with Crippen LogP contribution in [-0.2, 0) is 36.7 Å². The fourth-order valence-corrected chi connectivity index (χ4v) is 9.53. The fraction of sp³-hybridized carbons (Fsp3) is 0.417. The van der Waals surface area contributed by atoms with Crippen molar-refractivity contribution in [2.45, 2.75) is 45.8 Å². The monoisotopic (exact) mass is 744 g/mol. The molecule has 3 fully saturated rings. The fourth-order valence-electron chi connectivity index (χ4n) is 8.07. The summed E-state index contributed by atoms with van der Waals surface area (Å²) in [5.74, 6) is -1.87. The minimum atomic E-state index is -3.93. The summed E-state index contributed by atoms with van der Waals surface area (Å²) >= 11 is 0. The number of hydrogen-bond acceptors (Lipinski definition) is 13. The van der Waals surface area contributed by atoms with Gasteiger partial charge in [-0.3, -0.25) is 18.4 Å². The van der Waals surface area contributed by atoms with Crippen molar-refractivity contribution in [3.05, 3.63) is 57.9 Å². The van der Waals surface area contributed by atoms with Crippen LogP contribution >= 0.6 is 7.82 Å². The van der Waals surface area contributed by atoms with Crippen molar-refractivity contribution >= 4 is 47.1 Å². The first-order valence-corrected chi connectivity index (χ1v) is 18.8. The average molecular weight is 745 g/mol. The summed E-state index contributed by atoms with van der Waals surface area (Å²) in [6, 6.07) is 5.06. The Morgan fingerprint density at radius 3 is 2.70 bits per heavy atom. The van der Waals surface area contributed by atoms with Gasteiger partial charge in [0.05, 0.1) is 40.0 Å². The number of anilines is 2. The third-order valence-electron chi connectivity index (χ3n) is 10.2. The molecule has 0 aliphatic carbocycles. The van der Waals surface area contributed by atoms with E-state index >= 15 is 4.39 Å². The second-order valence-electron chi connectivity index (χ2n) is 14.2. The molecule has 276 valence electrons. The predicted molar refractivity (Wildman–Crippen MR) is 194 cm³/mol. The maximum atomic E-state index is 15.8. The number of nitriles is 1. The number of rotatable bonds is 8. The number of nitrogens with one attached hydrogen (secondary N) is 1. The zero-order valence-corrected chi connectivity index (χ0v) is 31.0. The molecule has 0 unspecified atom stereocenters. The van der Waals surface area contributed by atoms with Crippen LogP contribution in [0.2, 0.25) is 0 Å². The molecule has 5 aliphatic heterocycles. The van der Waals surface area contributed by atoms with Crippen molar-refractivity contribution in [3.63, 3.8) is 0 Å². The van der Waals surface area contributed by atoms with Crippen LogP contribution in [0.25, 0.3) is 44.5 Å². The molecule has 15 nitrogen and oxygen atoms in total. The molecular formula is C36H38FN8O7P. The Morgan fingerprint density at radius 1 is 1.23 bits per heavy atom. The summed E-state index contributed by atoms with van der Waals surface area (Å²) in [6.45, 7) is 6.96. The Kier molecular flexibility index (Phi) is 8.36. The smallest absolute Gasteiger partial charge is 0.462 e. The molecule has 5 aliphatic rings. The lowest BCUT2D eigenvalue weighted by atomic mass is 9.95. The van der Waals surface area contributed by atoms with Gasteiger partial charge < -0.3 is 29.0 Å². The molecule has 2 atom stereocenters. The minimum absolute atomic E-state index is 0.0772. The van der Waals surface area contributed by atoms with E-state index in [1.807, 2.05) is 0 Å². The number of fused-ring (bicyclic) bond motifs is 5. The van der Waals surface area contributed by atoms with E-state index in [1.165, 1.54) is 12.3 Å². The summed E-state index contributed by atoms with van der Waals surface area (Å²) in [7, 11) is 1.48. The number of carbonyl (C=O) groups excluding carboxylic acids is 1. The van der Waals surface area contributed by atoms with Crippen molar-refractivity contribution in [1.82, 2.24) is 24.0 Å². The Morgan fingerprint density at radius 2 is 2.00 bits per heavy atom. The zero-order chi connectivity index (χ0) is 37.6. The lowest BCUT2D eigenvalue weighted by Gasteiger charge is -2.40. The van der Waals surface area contributed by atoms with Gasteiger partial charge in [0.25, 0.3) is 0 Å². The third-order valence-corrected chi connectivity index (χ3v) is 12.0. The molecule has 53 heavy (non-hydrogen) atoms. The Hall–Kier alpha value is -4.91. The molecule has 7 heterocycles. The number of phosphoric acid groups is 1. The highest BCUT2D eigenvalue weighted by atomic mass is 31.2. The molecule has 8 rings (SSSR count). The molecule has 0 amide bonds. The molecule has 17 heteroatoms. The van der Waals surface area contributed by atoms with Crippen LogP contribution in [-0.4, -0.2) is 82.1 Å². The van der Waals surface area contributed by atoms with Crippen LogP contribution in [0.5, 0.6) is 0 Å². The van der Waals surface area contributed by atoms with Crippen LogP contribution in [0, 0.1) is 23.1 Å². The maximum Gasteiger partial charge on any atom is 0.481 e. The van der Waals surface area contributed by atoms with E-state index in [0.717, 1.165) is 19.5 Å². The molecule has 0 bridgehead atoms. The number of nitrogens with zero attached hydrogens (tertiary/aromatic N) is 7. The SMILES string of the molecule is CCOC(=O)c1cn(C)c2ncc(-c3cn(COP4(=O)OC(C)(C)O4)c4nc5c(NC)cc(F)c(C#N)c5c-4c3N3CC[C@H]4CN(C)C[C@H]43)cc2c1=O. The summed E-state index contributed by atoms with van der Waals surface area (Å²) in [4.78, 5) is 40.9. The highest BCUT2D eigenvalue weighted by Gasteiger charge is 2.51. The number of likely N-dealkylation sites (tertiary alicyclic amines) is 1. The first-order chi connectivity index (χ1) is 25.3. The first-order valence-electron chi connectivity index (χ1n) is 17.3. The molecule has 3 saturated heterocycles. The van der Waals surface area contributed by atoms with Crippen LogP contribution in [0.3, 0.4) is 0 Å². The number of likely N-dealkylation sites (N-methyl/N-ethyl adjacent to an activating group) is 1. The van der Waals surface area contributed by atoms with Gasteiger partial charge in [0.2, 0.25) is 5.43 Å². The molecule has 1 aromatic carbocycles. The topological polar surface area (TPSA) is 166 Å². The molecule has 0 spiro atoms. The zero-order valence-electron chi connectivity index (χ0n) is 30.1. The standard InChI is InChI=1S/C36H38FN8O7P/c1-7-49-35(47)24-15-43(6)33-21(32(24)46)10-20(13-40-33)23-16-44(18-50-53(48)51-36(2,3)52-53)34-29(31(23)45-9-8-19-14-42(5)17-27(19)45)28-22(12-38)25(37)11-26(39-4)30(28)41-34/h10-11,13,15-16,19,27,39H,7-9,14,17-18H2,1-6H3/t19-,27+/m0/s1. The number of aryl methyl sites for hydroxylation is 1. The Balaban J connectivity index is 1.45. The highest BCUT2D eigenvalue weighted by Crippen LogP contribution is 2.65. The number of aromatic nitrogens is 4. The van der Waals surface area contributed by atoms with E-state index in [4.69, 9.17) is 28.3 Å². The lowest BCUT2D eigenvalue weighted by molar-refractivity contribution is -0.199. The van der Waals surface area contributed by atoms with Crippen LogP contribution in [0.1, 0.15) is 43.1 Å². The Bertz CT molecular complexity index is 2460. The van der Waals surface area contributed by atoms with Crippen molar-refractivity contribution in [2.24, 2.45) is 13.0 Å². The molecule has 0 radical (unpaired) electrons. The number of phosphoric ester groups is 1. The third kappa shape index (κ3) is 5.66. The van der Waals surface area contributed by atoms with Crippen LogP contribution in [0.4, 0.5) is 15.8 Å². The summed E-state index contributed by atoms with van der Waals surface area (Å²) in [6.07, 6.45) is 5.69. The van der Waals surface area contributed by atoms with E-state index in [0.29, 0.717) is 62.9 Å². The number of carbonyl (C=O) groups is 1. The van der Waals surface area contributed by atoms with E-state index in [2.05, 4.69) is 28.2 Å². The maximum absolute atomic E-state index is 15.8. The largest absolute Gasteiger partial charge is 0.481 e. The van der Waals surface area contributed by atoms with Gasteiger partial charge in [-0.05, 0) is 46.2 Å². The minimum Gasteiger partial charge on any atom is -0.462 e. The number of halogens is 1. The number of esters is 1. The molecule has 2 aromatic heterocycles. The second-order valence-corrected chi connectivity index (χ2v) is 15.7. The first kappa shape index (κ1) is 35.1. The van der Waals surface area contributed by atoms with E-state index < -0.39 is 30.8 Å². The predicted octanol–water partition coefficient (Wildman–Crippen LogP) is 5.29. The highest BCUT2D eigenvalue weighted by molar-refractivity contribution is 7.49. The number of benzene rings is 1. The van der Waals surface area contributed by atoms with Crippen molar-refractivity contribution < 1.29 is 32.1 Å². The van der Waals surface area contributed by atoms with Crippen molar-refractivity contribution in [1.29, 1.82) is 5.26 Å². The quantitative estimate of drug-likeness (QED) is 0.161. The molecule has 1 N–H and O–H groups in total. The molecular weight excluding hydrogens is 706 g/mol. The Labute approximate surface area is 303 Å². The summed E-state index contributed by atoms with van der Waals surface area (Å²) in [5, 5.41) is 13.9. The lowest BCUT2D eigenvalue weighted by Crippen LogP contribution is -2.37. The van der Waals surface area contributed by atoms with E-state index in [1.54, 1.807) is 62.5 Å². The number of ether oxygens (including phenoxy) is 1. The van der Waals surface area contributed by atoms with Crippen LogP contribution in [0.15, 0.2) is 35.5 Å². The van der Waals surface area contributed by atoms with Crippen molar-refractivity contribution in [2.75, 3.05) is 50.6 Å². The van der Waals surface area contributed by atoms with Gasteiger partial charge in [-0.15, -0.1) is 0 Å². The van der Waals surface area contributed by atoms with Gasteiger partial charge in [-0.25, -0.2) is 23.7 Å². The van der Waals surface area contributed by atoms with Gasteiger partial charge in [0.1, 0.15) is 35.7 Å². The van der Waals surface area contributed by atoms with Gasteiger partial charge in [0.15, 0.2) is 5.79 Å². The summed E-state index contributed by atoms with van der Waals surface area (Å²) < 4.78 is 54.2. The average Bonchev–Trinajstić information content (AvgIpc) is 3.80. The number of pyridine rings is 3. The van der Waals surface area contributed by atoms with Crippen LogP contribution < -0.4 is 15.6 Å². The van der Waals surface area contributed by atoms with Crippen molar-refractivity contribution in [3.8, 4) is 28.6 Å². The summed E-state index contributed by atoms with van der Waals surface area (Å²) in [5.41, 5.74) is 2.43.